The van der Waals surface area contributed by atoms with Crippen molar-refractivity contribution in [1.29, 1.82) is 0 Å². The number of anilines is 2. The summed E-state index contributed by atoms with van der Waals surface area (Å²) in [6, 6.07) is 2.63. The molecule has 0 amide bonds. The van der Waals surface area contributed by atoms with E-state index in [1.807, 2.05) is 4.90 Å². The first-order chi connectivity index (χ1) is 9.79. The monoisotopic (exact) mass is 295 g/mol. The number of nitro groups is 1. The van der Waals surface area contributed by atoms with E-state index in [-0.39, 0.29) is 5.69 Å². The molecule has 116 valence electrons. The molecule has 5 nitrogen and oxygen atoms in total. The SMILES string of the molecule is C[C@@H]1C[C@H](C)CN(c2cc(N(C)C)c([N+](=O)[O-])cc2F)C1. The summed E-state index contributed by atoms with van der Waals surface area (Å²) < 4.78 is 14.3. The Hall–Kier alpha value is -1.85. The van der Waals surface area contributed by atoms with Gasteiger partial charge in [0.15, 0.2) is 5.82 Å². The Kier molecular flexibility index (Phi) is 4.34. The van der Waals surface area contributed by atoms with Gasteiger partial charge in [0, 0.05) is 27.2 Å². The van der Waals surface area contributed by atoms with Gasteiger partial charge < -0.3 is 9.80 Å². The molecule has 0 spiro atoms. The van der Waals surface area contributed by atoms with Crippen molar-refractivity contribution in [3.63, 3.8) is 0 Å². The van der Waals surface area contributed by atoms with E-state index in [1.54, 1.807) is 25.1 Å². The highest BCUT2D eigenvalue weighted by Gasteiger charge is 2.27. The summed E-state index contributed by atoms with van der Waals surface area (Å²) in [7, 11) is 3.46. The quantitative estimate of drug-likeness (QED) is 0.634. The van der Waals surface area contributed by atoms with Crippen LogP contribution in [0, 0.1) is 27.8 Å². The summed E-state index contributed by atoms with van der Waals surface area (Å²) in [5, 5.41) is 11.1. The van der Waals surface area contributed by atoms with E-state index < -0.39 is 10.7 Å². The fourth-order valence-electron chi connectivity index (χ4n) is 3.15. The minimum Gasteiger partial charge on any atom is -0.372 e. The molecule has 0 bridgehead atoms. The molecule has 21 heavy (non-hydrogen) atoms. The molecule has 0 aromatic heterocycles. The number of nitro benzene ring substituents is 1. The van der Waals surface area contributed by atoms with Crippen LogP contribution in [-0.2, 0) is 0 Å². The fourth-order valence-corrected chi connectivity index (χ4v) is 3.15. The number of halogens is 1. The predicted octanol–water partition coefficient (Wildman–Crippen LogP) is 3.28. The molecular formula is C15H22FN3O2. The smallest absolute Gasteiger partial charge is 0.295 e. The largest absolute Gasteiger partial charge is 0.372 e. The molecule has 1 aromatic rings. The van der Waals surface area contributed by atoms with Crippen LogP contribution >= 0.6 is 0 Å². The van der Waals surface area contributed by atoms with Crippen LogP contribution in [0.15, 0.2) is 12.1 Å². The van der Waals surface area contributed by atoms with Crippen molar-refractivity contribution in [3.05, 3.63) is 28.1 Å². The molecule has 2 rings (SSSR count). The highest BCUT2D eigenvalue weighted by atomic mass is 19.1. The summed E-state index contributed by atoms with van der Waals surface area (Å²) >= 11 is 0. The Balaban J connectivity index is 2.44. The van der Waals surface area contributed by atoms with Crippen LogP contribution in [0.25, 0.3) is 0 Å². The topological polar surface area (TPSA) is 49.6 Å². The van der Waals surface area contributed by atoms with Gasteiger partial charge in [0.05, 0.1) is 16.7 Å². The van der Waals surface area contributed by atoms with Gasteiger partial charge in [0.25, 0.3) is 5.69 Å². The highest BCUT2D eigenvalue weighted by molar-refractivity contribution is 5.70. The lowest BCUT2D eigenvalue weighted by atomic mass is 9.91. The average Bonchev–Trinajstić information content (AvgIpc) is 2.36. The highest BCUT2D eigenvalue weighted by Crippen LogP contribution is 2.36. The Bertz CT molecular complexity index is 538. The van der Waals surface area contributed by atoms with E-state index in [1.165, 1.54) is 0 Å². The van der Waals surface area contributed by atoms with Crippen molar-refractivity contribution in [1.82, 2.24) is 0 Å². The Morgan fingerprint density at radius 3 is 2.33 bits per heavy atom. The molecule has 0 N–H and O–H groups in total. The van der Waals surface area contributed by atoms with Crippen molar-refractivity contribution >= 4 is 17.1 Å². The van der Waals surface area contributed by atoms with E-state index in [0.29, 0.717) is 23.2 Å². The lowest BCUT2D eigenvalue weighted by Gasteiger charge is -2.37. The molecule has 0 saturated carbocycles. The van der Waals surface area contributed by atoms with Gasteiger partial charge in [-0.2, -0.15) is 0 Å². The van der Waals surface area contributed by atoms with E-state index in [2.05, 4.69) is 13.8 Å². The summed E-state index contributed by atoms with van der Waals surface area (Å²) in [5.41, 5.74) is 0.698. The minimum absolute atomic E-state index is 0.195. The maximum atomic E-state index is 14.3. The lowest BCUT2D eigenvalue weighted by Crippen LogP contribution is -2.39. The standard InChI is InChI=1S/C15H22FN3O2/c1-10-5-11(2)9-18(8-10)13-7-14(17(3)4)15(19(20)21)6-12(13)16/h6-7,10-11H,5,8-9H2,1-4H3/t10-,11+. The molecule has 1 saturated heterocycles. The molecule has 1 aliphatic rings. The molecule has 0 unspecified atom stereocenters. The number of piperidine rings is 1. The normalized spacial score (nSPS) is 22.2. The van der Waals surface area contributed by atoms with Crippen LogP contribution < -0.4 is 9.80 Å². The van der Waals surface area contributed by atoms with Crippen LogP contribution in [0.2, 0.25) is 0 Å². The van der Waals surface area contributed by atoms with E-state index >= 15 is 0 Å². The minimum atomic E-state index is -0.538. The first-order valence-corrected chi connectivity index (χ1v) is 7.19. The molecule has 1 heterocycles. The van der Waals surface area contributed by atoms with Gasteiger partial charge in [0.1, 0.15) is 5.69 Å². The van der Waals surface area contributed by atoms with E-state index in [0.717, 1.165) is 25.6 Å². The van der Waals surface area contributed by atoms with Crippen molar-refractivity contribution in [2.24, 2.45) is 11.8 Å². The van der Waals surface area contributed by atoms with Crippen LogP contribution in [0.4, 0.5) is 21.5 Å². The maximum Gasteiger partial charge on any atom is 0.295 e. The van der Waals surface area contributed by atoms with Crippen LogP contribution in [0.5, 0.6) is 0 Å². The molecule has 1 aliphatic heterocycles. The zero-order valence-corrected chi connectivity index (χ0v) is 13.0. The number of hydrogen-bond acceptors (Lipinski definition) is 4. The summed E-state index contributed by atoms with van der Waals surface area (Å²) in [6.07, 6.45) is 1.13. The predicted molar refractivity (Wildman–Crippen MR) is 82.5 cm³/mol. The number of nitrogens with zero attached hydrogens (tertiary/aromatic N) is 3. The van der Waals surface area contributed by atoms with Crippen molar-refractivity contribution < 1.29 is 9.31 Å². The van der Waals surface area contributed by atoms with Crippen molar-refractivity contribution in [2.45, 2.75) is 20.3 Å². The summed E-state index contributed by atoms with van der Waals surface area (Å²) in [4.78, 5) is 14.2. The Labute approximate surface area is 124 Å². The second kappa shape index (κ2) is 5.87. The van der Waals surface area contributed by atoms with E-state index in [9.17, 15) is 14.5 Å². The zero-order valence-electron chi connectivity index (χ0n) is 13.0. The first-order valence-electron chi connectivity index (χ1n) is 7.19. The Morgan fingerprint density at radius 2 is 1.86 bits per heavy atom. The number of rotatable bonds is 3. The summed E-state index contributed by atoms with van der Waals surface area (Å²) in [5.74, 6) is 0.464. The summed E-state index contributed by atoms with van der Waals surface area (Å²) in [6.45, 7) is 5.87. The maximum absolute atomic E-state index is 14.3. The average molecular weight is 295 g/mol. The van der Waals surface area contributed by atoms with E-state index in [4.69, 9.17) is 0 Å². The lowest BCUT2D eigenvalue weighted by molar-refractivity contribution is -0.384. The zero-order chi connectivity index (χ0) is 15.7. The molecule has 0 aliphatic carbocycles. The number of benzene rings is 1. The van der Waals surface area contributed by atoms with Gasteiger partial charge in [-0.3, -0.25) is 10.1 Å². The van der Waals surface area contributed by atoms with Gasteiger partial charge in [-0.25, -0.2) is 4.39 Å². The molecule has 6 heteroatoms. The van der Waals surface area contributed by atoms with Gasteiger partial charge in [0.2, 0.25) is 0 Å². The fraction of sp³-hybridized carbons (Fsp3) is 0.600. The molecular weight excluding hydrogens is 273 g/mol. The van der Waals surface area contributed by atoms with Crippen LogP contribution in [-0.4, -0.2) is 32.1 Å². The first kappa shape index (κ1) is 15.5. The third-order valence-electron chi connectivity index (χ3n) is 3.93. The molecule has 1 aromatic carbocycles. The molecule has 0 radical (unpaired) electrons. The van der Waals surface area contributed by atoms with Gasteiger partial charge in [-0.15, -0.1) is 0 Å². The van der Waals surface area contributed by atoms with Gasteiger partial charge in [-0.05, 0) is 24.3 Å². The van der Waals surface area contributed by atoms with Crippen LogP contribution in [0.1, 0.15) is 20.3 Å². The molecule has 2 atom stereocenters. The third-order valence-corrected chi connectivity index (χ3v) is 3.93. The second-order valence-electron chi connectivity index (χ2n) is 6.29. The van der Waals surface area contributed by atoms with Crippen molar-refractivity contribution in [2.75, 3.05) is 37.0 Å². The second-order valence-corrected chi connectivity index (χ2v) is 6.29. The molecule has 1 fully saturated rings. The van der Waals surface area contributed by atoms with Gasteiger partial charge in [-0.1, -0.05) is 13.8 Å². The Morgan fingerprint density at radius 1 is 1.29 bits per heavy atom. The number of hydrogen-bond donors (Lipinski definition) is 0. The third kappa shape index (κ3) is 3.25. The van der Waals surface area contributed by atoms with Gasteiger partial charge >= 0.3 is 0 Å². The van der Waals surface area contributed by atoms with Crippen LogP contribution in [0.3, 0.4) is 0 Å². The van der Waals surface area contributed by atoms with Crippen molar-refractivity contribution in [3.8, 4) is 0 Å².